The first-order valence-electron chi connectivity index (χ1n) is 10.0. The van der Waals surface area contributed by atoms with Gasteiger partial charge in [-0.15, -0.1) is 24.0 Å². The second kappa shape index (κ2) is 12.6. The summed E-state index contributed by atoms with van der Waals surface area (Å²) in [5.41, 5.74) is 1.20. The highest BCUT2D eigenvalue weighted by molar-refractivity contribution is 14.0. The molecule has 0 radical (unpaired) electrons. The van der Waals surface area contributed by atoms with Gasteiger partial charge in [0.05, 0.1) is 12.3 Å². The first kappa shape index (κ1) is 26.0. The van der Waals surface area contributed by atoms with Gasteiger partial charge >= 0.3 is 0 Å². The molecule has 0 spiro atoms. The fourth-order valence-electron chi connectivity index (χ4n) is 3.18. The SMILES string of the molecule is CCCS(=O)(=O)N1CCC(NC(=NC)NCC(C)Oc2ccc(C)cc2)CC1.I. The minimum atomic E-state index is -3.10. The molecule has 1 aromatic rings. The Morgan fingerprint density at radius 1 is 1.28 bits per heavy atom. The monoisotopic (exact) mass is 538 g/mol. The third-order valence-electron chi connectivity index (χ3n) is 4.79. The lowest BCUT2D eigenvalue weighted by atomic mass is 10.1. The van der Waals surface area contributed by atoms with Crippen molar-refractivity contribution in [2.45, 2.75) is 52.2 Å². The van der Waals surface area contributed by atoms with Crippen molar-refractivity contribution in [1.29, 1.82) is 0 Å². The van der Waals surface area contributed by atoms with Gasteiger partial charge in [0, 0.05) is 26.2 Å². The van der Waals surface area contributed by atoms with E-state index in [-0.39, 0.29) is 41.9 Å². The van der Waals surface area contributed by atoms with Crippen molar-refractivity contribution in [3.8, 4) is 5.75 Å². The number of aliphatic imine (C=N–C) groups is 1. The number of ether oxygens (including phenoxy) is 1. The van der Waals surface area contributed by atoms with E-state index < -0.39 is 10.0 Å². The molecule has 2 N–H and O–H groups in total. The molecule has 0 aromatic heterocycles. The summed E-state index contributed by atoms with van der Waals surface area (Å²) in [6, 6.07) is 8.22. The smallest absolute Gasteiger partial charge is 0.214 e. The van der Waals surface area contributed by atoms with Gasteiger partial charge in [-0.25, -0.2) is 12.7 Å². The molecule has 0 aliphatic carbocycles. The lowest BCUT2D eigenvalue weighted by Gasteiger charge is -2.32. The standard InChI is InChI=1S/C20H34N4O3S.HI/c1-5-14-28(25,26)24-12-10-18(11-13-24)23-20(21-4)22-15-17(3)27-19-8-6-16(2)7-9-19;/h6-9,17-18H,5,10-15H2,1-4H3,(H2,21,22,23);1H. The van der Waals surface area contributed by atoms with Crippen LogP contribution in [0.4, 0.5) is 0 Å². The largest absolute Gasteiger partial charge is 0.489 e. The van der Waals surface area contributed by atoms with Crippen LogP contribution in [-0.4, -0.2) is 63.3 Å². The predicted molar refractivity (Wildman–Crippen MR) is 130 cm³/mol. The number of guanidine groups is 1. The van der Waals surface area contributed by atoms with Crippen LogP contribution < -0.4 is 15.4 Å². The van der Waals surface area contributed by atoms with E-state index in [4.69, 9.17) is 4.74 Å². The van der Waals surface area contributed by atoms with E-state index in [0.29, 0.717) is 32.0 Å². The molecule has 1 aliphatic rings. The van der Waals surface area contributed by atoms with Crippen LogP contribution in [0, 0.1) is 6.92 Å². The molecule has 0 saturated carbocycles. The van der Waals surface area contributed by atoms with E-state index in [1.807, 2.05) is 45.0 Å². The number of nitrogens with zero attached hydrogens (tertiary/aromatic N) is 2. The van der Waals surface area contributed by atoms with Gasteiger partial charge in [-0.1, -0.05) is 24.6 Å². The minimum Gasteiger partial charge on any atom is -0.489 e. The zero-order valence-corrected chi connectivity index (χ0v) is 21.0. The third kappa shape index (κ3) is 8.67. The van der Waals surface area contributed by atoms with Crippen LogP contribution in [-0.2, 0) is 10.0 Å². The van der Waals surface area contributed by atoms with Crippen LogP contribution >= 0.6 is 24.0 Å². The van der Waals surface area contributed by atoms with Crippen molar-refractivity contribution in [3.05, 3.63) is 29.8 Å². The lowest BCUT2D eigenvalue weighted by molar-refractivity contribution is 0.223. The molecule has 1 saturated heterocycles. The van der Waals surface area contributed by atoms with Gasteiger partial charge in [-0.05, 0) is 45.2 Å². The highest BCUT2D eigenvalue weighted by Crippen LogP contribution is 2.15. The third-order valence-corrected chi connectivity index (χ3v) is 6.87. The summed E-state index contributed by atoms with van der Waals surface area (Å²) < 4.78 is 31.9. The molecule has 2 rings (SSSR count). The van der Waals surface area contributed by atoms with Crippen LogP contribution in [0.25, 0.3) is 0 Å². The predicted octanol–water partition coefficient (Wildman–Crippen LogP) is 2.75. The van der Waals surface area contributed by atoms with E-state index >= 15 is 0 Å². The van der Waals surface area contributed by atoms with E-state index in [9.17, 15) is 8.42 Å². The van der Waals surface area contributed by atoms with E-state index in [1.54, 1.807) is 11.4 Å². The maximum Gasteiger partial charge on any atom is 0.214 e. The molecule has 0 bridgehead atoms. The highest BCUT2D eigenvalue weighted by Gasteiger charge is 2.27. The Bertz CT molecular complexity index is 733. The zero-order valence-electron chi connectivity index (χ0n) is 17.8. The van der Waals surface area contributed by atoms with Crippen molar-refractivity contribution in [1.82, 2.24) is 14.9 Å². The number of halogens is 1. The zero-order chi connectivity index (χ0) is 20.6. The maximum absolute atomic E-state index is 12.2. The second-order valence-corrected chi connectivity index (χ2v) is 9.42. The molecule has 1 aromatic carbocycles. The van der Waals surface area contributed by atoms with Crippen molar-refractivity contribution in [2.75, 3.05) is 32.4 Å². The van der Waals surface area contributed by atoms with Crippen molar-refractivity contribution in [3.63, 3.8) is 0 Å². The average Bonchev–Trinajstić information content (AvgIpc) is 2.67. The van der Waals surface area contributed by atoms with Crippen LogP contribution in [0.1, 0.15) is 38.7 Å². The fraction of sp³-hybridized carbons (Fsp3) is 0.650. The number of sulfonamides is 1. The fourth-order valence-corrected chi connectivity index (χ4v) is 4.73. The number of nitrogens with one attached hydrogen (secondary N) is 2. The number of aryl methyl sites for hydroxylation is 1. The molecule has 1 aliphatic heterocycles. The summed E-state index contributed by atoms with van der Waals surface area (Å²) in [6.45, 7) is 7.70. The molecule has 7 nitrogen and oxygen atoms in total. The Morgan fingerprint density at radius 2 is 1.90 bits per heavy atom. The molecule has 9 heteroatoms. The van der Waals surface area contributed by atoms with Crippen molar-refractivity contribution >= 4 is 40.0 Å². The number of benzene rings is 1. The average molecular weight is 538 g/mol. The van der Waals surface area contributed by atoms with E-state index in [0.717, 1.165) is 18.6 Å². The number of piperidine rings is 1. The number of hydrogen-bond donors (Lipinski definition) is 2. The van der Waals surface area contributed by atoms with Crippen LogP contribution in [0.2, 0.25) is 0 Å². The summed E-state index contributed by atoms with van der Waals surface area (Å²) in [5, 5.41) is 6.69. The Kier molecular flexibility index (Phi) is 11.3. The minimum absolute atomic E-state index is 0. The van der Waals surface area contributed by atoms with Crippen molar-refractivity contribution < 1.29 is 13.2 Å². The van der Waals surface area contributed by atoms with Crippen LogP contribution in [0.15, 0.2) is 29.3 Å². The van der Waals surface area contributed by atoms with Gasteiger partial charge < -0.3 is 15.4 Å². The summed E-state index contributed by atoms with van der Waals surface area (Å²) in [6.07, 6.45) is 2.19. The van der Waals surface area contributed by atoms with Gasteiger partial charge in [-0.2, -0.15) is 0 Å². The summed E-state index contributed by atoms with van der Waals surface area (Å²) in [7, 11) is -1.36. The first-order chi connectivity index (χ1) is 13.3. The maximum atomic E-state index is 12.2. The van der Waals surface area contributed by atoms with Gasteiger partial charge in [0.25, 0.3) is 0 Å². The topological polar surface area (TPSA) is 83.0 Å². The number of hydrogen-bond acceptors (Lipinski definition) is 4. The Hall–Kier alpha value is -1.07. The van der Waals surface area contributed by atoms with Crippen molar-refractivity contribution in [2.24, 2.45) is 4.99 Å². The van der Waals surface area contributed by atoms with Gasteiger partial charge in [0.15, 0.2) is 5.96 Å². The molecule has 166 valence electrons. The van der Waals surface area contributed by atoms with Crippen LogP contribution in [0.3, 0.4) is 0 Å². The molecule has 1 unspecified atom stereocenters. The lowest BCUT2D eigenvalue weighted by Crippen LogP contribution is -2.51. The van der Waals surface area contributed by atoms with E-state index in [1.165, 1.54) is 5.56 Å². The molecular weight excluding hydrogens is 503 g/mol. The quantitative estimate of drug-likeness (QED) is 0.302. The van der Waals surface area contributed by atoms with Gasteiger partial charge in [0.2, 0.25) is 10.0 Å². The Balaban J connectivity index is 0.00000420. The highest BCUT2D eigenvalue weighted by atomic mass is 127. The molecule has 0 amide bonds. The molecule has 1 fully saturated rings. The number of rotatable bonds is 8. The molecular formula is C20H35IN4O3S. The van der Waals surface area contributed by atoms with Gasteiger partial charge in [0.1, 0.15) is 11.9 Å². The Morgan fingerprint density at radius 3 is 2.45 bits per heavy atom. The molecule has 1 atom stereocenters. The Labute approximate surface area is 192 Å². The molecule has 1 heterocycles. The first-order valence-corrected chi connectivity index (χ1v) is 11.6. The molecule has 29 heavy (non-hydrogen) atoms. The summed E-state index contributed by atoms with van der Waals surface area (Å²) in [5.74, 6) is 1.80. The van der Waals surface area contributed by atoms with E-state index in [2.05, 4.69) is 15.6 Å². The van der Waals surface area contributed by atoms with Crippen LogP contribution in [0.5, 0.6) is 5.75 Å². The summed E-state index contributed by atoms with van der Waals surface area (Å²) in [4.78, 5) is 4.28. The normalized spacial score (nSPS) is 17.3. The summed E-state index contributed by atoms with van der Waals surface area (Å²) >= 11 is 0. The second-order valence-electron chi connectivity index (χ2n) is 7.33. The van der Waals surface area contributed by atoms with Gasteiger partial charge in [-0.3, -0.25) is 4.99 Å².